The highest BCUT2D eigenvalue weighted by Crippen LogP contribution is 2.33. The van der Waals surface area contributed by atoms with Crippen molar-refractivity contribution < 1.29 is 14.3 Å². The maximum absolute atomic E-state index is 12.7. The lowest BCUT2D eigenvalue weighted by molar-refractivity contribution is -0.131. The second-order valence-corrected chi connectivity index (χ2v) is 8.59. The monoisotopic (exact) mass is 410 g/mol. The molecule has 0 fully saturated rings. The lowest BCUT2D eigenvalue weighted by Gasteiger charge is -2.27. The van der Waals surface area contributed by atoms with Crippen molar-refractivity contribution in [2.45, 2.75) is 33.1 Å². The fourth-order valence-corrected chi connectivity index (χ4v) is 3.03. The summed E-state index contributed by atoms with van der Waals surface area (Å²) in [6, 6.07) is 13.5. The predicted octanol–water partition coefficient (Wildman–Crippen LogP) is 3.42. The Kier molecular flexibility index (Phi) is 7.21. The molecular weight excluding hydrogens is 380 g/mol. The van der Waals surface area contributed by atoms with Crippen LogP contribution >= 0.6 is 0 Å². The van der Waals surface area contributed by atoms with E-state index in [1.165, 1.54) is 0 Å². The summed E-state index contributed by atoms with van der Waals surface area (Å²) in [5.41, 5.74) is 12.5. The Balaban J connectivity index is 2.14. The maximum atomic E-state index is 12.7. The van der Waals surface area contributed by atoms with Crippen molar-refractivity contribution in [1.82, 2.24) is 4.90 Å². The quantitative estimate of drug-likeness (QED) is 0.328. The second-order valence-electron chi connectivity index (χ2n) is 8.59. The standard InChI is InChI=1S/C23H30N4O3/c1-23(2,3)14-19(20(28)27(4)5)15-8-12-18(13-9-15)30-21(29)16-6-10-17(11-7-16)26-22(24)25/h6-13,19H,14H2,1-5H3,(H4,24,25,26). The third-order valence-corrected chi connectivity index (χ3v) is 4.41. The summed E-state index contributed by atoms with van der Waals surface area (Å²) in [6.45, 7) is 6.33. The highest BCUT2D eigenvalue weighted by atomic mass is 16.5. The van der Waals surface area contributed by atoms with E-state index in [0.29, 0.717) is 23.4 Å². The summed E-state index contributed by atoms with van der Waals surface area (Å²) in [5.74, 6) is -0.343. The predicted molar refractivity (Wildman–Crippen MR) is 119 cm³/mol. The molecule has 7 nitrogen and oxygen atoms in total. The smallest absolute Gasteiger partial charge is 0.343 e. The molecule has 0 aliphatic rings. The Morgan fingerprint density at radius 1 is 1.00 bits per heavy atom. The molecule has 0 radical (unpaired) electrons. The molecule has 1 amide bonds. The maximum Gasteiger partial charge on any atom is 0.343 e. The van der Waals surface area contributed by atoms with E-state index in [9.17, 15) is 9.59 Å². The minimum Gasteiger partial charge on any atom is -0.423 e. The number of likely N-dealkylation sites (N-methyl/N-ethyl adjacent to an activating group) is 1. The largest absolute Gasteiger partial charge is 0.423 e. The summed E-state index contributed by atoms with van der Waals surface area (Å²) in [5, 5.41) is 0. The van der Waals surface area contributed by atoms with Gasteiger partial charge in [0.15, 0.2) is 5.96 Å². The van der Waals surface area contributed by atoms with Gasteiger partial charge in [-0.3, -0.25) is 4.79 Å². The number of rotatable bonds is 6. The molecular formula is C23H30N4O3. The van der Waals surface area contributed by atoms with E-state index in [1.54, 1.807) is 55.4 Å². The summed E-state index contributed by atoms with van der Waals surface area (Å²) >= 11 is 0. The van der Waals surface area contributed by atoms with Crippen molar-refractivity contribution in [2.24, 2.45) is 21.9 Å². The van der Waals surface area contributed by atoms with E-state index in [2.05, 4.69) is 25.8 Å². The number of ether oxygens (including phenoxy) is 1. The van der Waals surface area contributed by atoms with Crippen LogP contribution in [0.3, 0.4) is 0 Å². The first-order valence-corrected chi connectivity index (χ1v) is 9.69. The Bertz CT molecular complexity index is 907. The third-order valence-electron chi connectivity index (χ3n) is 4.41. The van der Waals surface area contributed by atoms with E-state index < -0.39 is 5.97 Å². The normalized spacial score (nSPS) is 12.0. The molecule has 0 saturated heterocycles. The van der Waals surface area contributed by atoms with Crippen molar-refractivity contribution in [3.8, 4) is 5.75 Å². The highest BCUT2D eigenvalue weighted by Gasteiger charge is 2.27. The van der Waals surface area contributed by atoms with E-state index in [4.69, 9.17) is 16.2 Å². The second kappa shape index (κ2) is 9.43. The van der Waals surface area contributed by atoms with Gasteiger partial charge in [-0.2, -0.15) is 0 Å². The molecule has 1 unspecified atom stereocenters. The van der Waals surface area contributed by atoms with Crippen molar-refractivity contribution >= 4 is 23.5 Å². The van der Waals surface area contributed by atoms with Crippen LogP contribution < -0.4 is 16.2 Å². The summed E-state index contributed by atoms with van der Waals surface area (Å²) < 4.78 is 5.45. The van der Waals surface area contributed by atoms with E-state index in [-0.39, 0.29) is 23.2 Å². The zero-order chi connectivity index (χ0) is 22.5. The zero-order valence-electron chi connectivity index (χ0n) is 18.2. The molecule has 160 valence electrons. The molecule has 0 heterocycles. The number of carbonyl (C=O) groups is 2. The lowest BCUT2D eigenvalue weighted by Crippen LogP contribution is -2.30. The number of guanidine groups is 1. The van der Waals surface area contributed by atoms with Crippen molar-refractivity contribution in [3.05, 3.63) is 59.7 Å². The molecule has 0 aromatic heterocycles. The summed E-state index contributed by atoms with van der Waals surface area (Å²) in [6.07, 6.45) is 0.714. The average molecular weight is 411 g/mol. The van der Waals surface area contributed by atoms with Crippen LogP contribution in [-0.2, 0) is 4.79 Å². The molecule has 0 saturated carbocycles. The lowest BCUT2D eigenvalue weighted by atomic mass is 9.81. The van der Waals surface area contributed by atoms with Gasteiger partial charge in [0.25, 0.3) is 0 Å². The van der Waals surface area contributed by atoms with Crippen LogP contribution in [0.25, 0.3) is 0 Å². The Hall–Kier alpha value is -3.35. The molecule has 0 bridgehead atoms. The van der Waals surface area contributed by atoms with Crippen molar-refractivity contribution in [1.29, 1.82) is 0 Å². The Labute approximate surface area is 177 Å². The van der Waals surface area contributed by atoms with Crippen molar-refractivity contribution in [3.63, 3.8) is 0 Å². The van der Waals surface area contributed by atoms with Crippen LogP contribution in [0.5, 0.6) is 5.75 Å². The number of esters is 1. The first-order chi connectivity index (χ1) is 14.0. The van der Waals surface area contributed by atoms with Crippen LogP contribution in [0.15, 0.2) is 53.5 Å². The Morgan fingerprint density at radius 3 is 2.03 bits per heavy atom. The van der Waals surface area contributed by atoms with E-state index in [1.807, 2.05) is 12.1 Å². The Morgan fingerprint density at radius 2 is 1.57 bits per heavy atom. The van der Waals surface area contributed by atoms with E-state index in [0.717, 1.165) is 5.56 Å². The van der Waals surface area contributed by atoms with Crippen LogP contribution in [0.1, 0.15) is 49.0 Å². The number of carbonyl (C=O) groups excluding carboxylic acids is 2. The first-order valence-electron chi connectivity index (χ1n) is 9.69. The van der Waals surface area contributed by atoms with Gasteiger partial charge in [0, 0.05) is 14.1 Å². The molecule has 2 aromatic rings. The molecule has 2 rings (SSSR count). The zero-order valence-corrected chi connectivity index (χ0v) is 18.2. The van der Waals surface area contributed by atoms with Gasteiger partial charge in [-0.25, -0.2) is 9.79 Å². The fourth-order valence-electron chi connectivity index (χ4n) is 3.03. The molecule has 0 aliphatic heterocycles. The molecule has 0 aliphatic carbocycles. The number of aliphatic imine (C=N–C) groups is 1. The van der Waals surface area contributed by atoms with Gasteiger partial charge in [0.05, 0.1) is 17.2 Å². The molecule has 7 heteroatoms. The molecule has 1 atom stereocenters. The van der Waals surface area contributed by atoms with Gasteiger partial charge in [-0.1, -0.05) is 32.9 Å². The fraction of sp³-hybridized carbons (Fsp3) is 0.348. The van der Waals surface area contributed by atoms with E-state index >= 15 is 0 Å². The molecule has 30 heavy (non-hydrogen) atoms. The minimum atomic E-state index is -0.491. The van der Waals surface area contributed by atoms with Gasteiger partial charge in [-0.05, 0) is 53.8 Å². The third kappa shape index (κ3) is 6.62. The molecule has 2 aromatic carbocycles. The number of benzene rings is 2. The SMILES string of the molecule is CN(C)C(=O)C(CC(C)(C)C)c1ccc(OC(=O)c2ccc(N=C(N)N)cc2)cc1. The van der Waals surface area contributed by atoms with Crippen molar-refractivity contribution in [2.75, 3.05) is 14.1 Å². The number of amides is 1. The number of nitrogens with two attached hydrogens (primary N) is 2. The number of nitrogens with zero attached hydrogens (tertiary/aromatic N) is 2. The van der Waals surface area contributed by atoms with Crippen LogP contribution in [0.2, 0.25) is 0 Å². The van der Waals surface area contributed by atoms with Crippen LogP contribution in [-0.4, -0.2) is 36.8 Å². The van der Waals surface area contributed by atoms with Gasteiger partial charge < -0.3 is 21.1 Å². The first kappa shape index (κ1) is 22.9. The van der Waals surface area contributed by atoms with Gasteiger partial charge in [0.1, 0.15) is 5.75 Å². The molecule has 0 spiro atoms. The van der Waals surface area contributed by atoms with Crippen LogP contribution in [0.4, 0.5) is 5.69 Å². The van der Waals surface area contributed by atoms with Gasteiger partial charge in [0.2, 0.25) is 5.91 Å². The summed E-state index contributed by atoms with van der Waals surface area (Å²) in [4.78, 5) is 30.6. The minimum absolute atomic E-state index is 0.00769. The number of hydrogen-bond acceptors (Lipinski definition) is 4. The topological polar surface area (TPSA) is 111 Å². The van der Waals surface area contributed by atoms with Gasteiger partial charge >= 0.3 is 5.97 Å². The molecule has 4 N–H and O–H groups in total. The number of hydrogen-bond donors (Lipinski definition) is 2. The summed E-state index contributed by atoms with van der Waals surface area (Å²) in [7, 11) is 3.51. The average Bonchev–Trinajstić information content (AvgIpc) is 2.65. The van der Waals surface area contributed by atoms with Crippen LogP contribution in [0, 0.1) is 5.41 Å². The highest BCUT2D eigenvalue weighted by molar-refractivity contribution is 5.91. The van der Waals surface area contributed by atoms with Gasteiger partial charge in [-0.15, -0.1) is 0 Å².